The molecule has 2 saturated carbocycles. The van der Waals surface area contributed by atoms with Crippen molar-refractivity contribution in [3.63, 3.8) is 0 Å². The van der Waals surface area contributed by atoms with Crippen LogP contribution >= 0.6 is 22.6 Å². The molecule has 28 heavy (non-hydrogen) atoms. The molecule has 146 valence electrons. The average molecular weight is 486 g/mol. The number of halogens is 1. The number of carbonyl (C=O) groups is 1. The highest BCUT2D eigenvalue weighted by atomic mass is 127. The monoisotopic (exact) mass is 486 g/mol. The van der Waals surface area contributed by atoms with Gasteiger partial charge in [-0.1, -0.05) is 53.8 Å². The zero-order valence-electron chi connectivity index (χ0n) is 16.4. The predicted octanol–water partition coefficient (Wildman–Crippen LogP) is 6.57. The number of hydrogen-bond donors (Lipinski definition) is 0. The van der Waals surface area contributed by atoms with Crippen molar-refractivity contribution in [2.45, 2.75) is 55.3 Å². The van der Waals surface area contributed by atoms with E-state index < -0.39 is 0 Å². The van der Waals surface area contributed by atoms with Gasteiger partial charge in [-0.3, -0.25) is 0 Å². The number of benzene rings is 2. The summed E-state index contributed by atoms with van der Waals surface area (Å²) < 4.78 is 6.51. The standard InChI is InChI=1S/C25H27IO2/c1-25-14-13-20-19-10-8-18(28-24(27)16-5-3-2-4-6-16)15-17(19)7-9-21(20)22(25)11-12-23(25)26/h2-6,8,10,15,20-23H,7,9,11-14H2,1H3/t20?,21?,22?,23-,25+/m1/s1. The first-order chi connectivity index (χ1) is 13.6. The summed E-state index contributed by atoms with van der Waals surface area (Å²) in [5.74, 6) is 2.82. The molecular weight excluding hydrogens is 459 g/mol. The number of alkyl halides is 1. The van der Waals surface area contributed by atoms with Crippen molar-refractivity contribution < 1.29 is 9.53 Å². The molecular formula is C25H27IO2. The van der Waals surface area contributed by atoms with Gasteiger partial charge in [0.15, 0.2) is 0 Å². The Morgan fingerprint density at radius 3 is 2.71 bits per heavy atom. The number of ether oxygens (including phenoxy) is 1. The lowest BCUT2D eigenvalue weighted by atomic mass is 9.56. The summed E-state index contributed by atoms with van der Waals surface area (Å²) in [4.78, 5) is 12.4. The molecule has 0 spiro atoms. The largest absolute Gasteiger partial charge is 0.423 e. The van der Waals surface area contributed by atoms with Crippen molar-refractivity contribution in [3.05, 3.63) is 65.2 Å². The van der Waals surface area contributed by atoms with Crippen molar-refractivity contribution in [2.24, 2.45) is 17.3 Å². The van der Waals surface area contributed by atoms with Gasteiger partial charge in [0.25, 0.3) is 0 Å². The van der Waals surface area contributed by atoms with Crippen LogP contribution in [0.5, 0.6) is 5.75 Å². The fraction of sp³-hybridized carbons (Fsp3) is 0.480. The topological polar surface area (TPSA) is 26.3 Å². The van der Waals surface area contributed by atoms with Crippen LogP contribution in [0.3, 0.4) is 0 Å². The lowest BCUT2D eigenvalue weighted by Crippen LogP contribution is -2.42. The fourth-order valence-electron chi connectivity index (χ4n) is 6.30. The van der Waals surface area contributed by atoms with Gasteiger partial charge in [-0.15, -0.1) is 0 Å². The summed E-state index contributed by atoms with van der Waals surface area (Å²) in [5, 5.41) is 0. The van der Waals surface area contributed by atoms with Gasteiger partial charge in [0.1, 0.15) is 5.75 Å². The van der Waals surface area contributed by atoms with Crippen molar-refractivity contribution in [1.29, 1.82) is 0 Å². The summed E-state index contributed by atoms with van der Waals surface area (Å²) in [5.41, 5.74) is 4.06. The first-order valence-corrected chi connectivity index (χ1v) is 11.8. The third-order valence-electron chi connectivity index (χ3n) is 7.80. The number of carbonyl (C=O) groups excluding carboxylic acids is 1. The lowest BCUT2D eigenvalue weighted by molar-refractivity contribution is 0.0651. The third-order valence-corrected chi connectivity index (χ3v) is 9.85. The van der Waals surface area contributed by atoms with Crippen molar-refractivity contribution in [1.82, 2.24) is 0 Å². The van der Waals surface area contributed by atoms with Crippen molar-refractivity contribution >= 4 is 28.6 Å². The molecule has 3 unspecified atom stereocenters. The van der Waals surface area contributed by atoms with Crippen LogP contribution < -0.4 is 4.74 Å². The van der Waals surface area contributed by atoms with E-state index >= 15 is 0 Å². The number of hydrogen-bond acceptors (Lipinski definition) is 2. The van der Waals surface area contributed by atoms with E-state index in [2.05, 4.69) is 41.6 Å². The zero-order valence-corrected chi connectivity index (χ0v) is 18.5. The van der Waals surface area contributed by atoms with E-state index in [1.807, 2.05) is 24.3 Å². The van der Waals surface area contributed by atoms with Crippen LogP contribution in [-0.2, 0) is 6.42 Å². The molecule has 0 N–H and O–H groups in total. The molecule has 3 aliphatic carbocycles. The Morgan fingerprint density at radius 2 is 1.89 bits per heavy atom. The van der Waals surface area contributed by atoms with Crippen LogP contribution in [0.25, 0.3) is 0 Å². The van der Waals surface area contributed by atoms with Crippen molar-refractivity contribution in [2.75, 3.05) is 0 Å². The van der Waals surface area contributed by atoms with Crippen LogP contribution in [0.15, 0.2) is 48.5 Å². The van der Waals surface area contributed by atoms with E-state index in [4.69, 9.17) is 4.74 Å². The van der Waals surface area contributed by atoms with Gasteiger partial charge in [-0.2, -0.15) is 0 Å². The summed E-state index contributed by atoms with van der Waals surface area (Å²) >= 11 is 2.72. The van der Waals surface area contributed by atoms with Gasteiger partial charge in [0.05, 0.1) is 5.56 Å². The first-order valence-electron chi connectivity index (χ1n) is 10.6. The average Bonchev–Trinajstić information content (AvgIpc) is 3.03. The molecule has 2 fully saturated rings. The van der Waals surface area contributed by atoms with Gasteiger partial charge < -0.3 is 4.74 Å². The molecule has 0 amide bonds. The van der Waals surface area contributed by atoms with Crippen LogP contribution in [0.1, 0.15) is 66.4 Å². The van der Waals surface area contributed by atoms with Gasteiger partial charge in [-0.25, -0.2) is 4.79 Å². The number of esters is 1. The molecule has 2 aromatic carbocycles. The minimum Gasteiger partial charge on any atom is -0.423 e. The highest BCUT2D eigenvalue weighted by Gasteiger charge is 2.53. The molecule has 5 atom stereocenters. The van der Waals surface area contributed by atoms with Crippen LogP contribution in [-0.4, -0.2) is 9.89 Å². The van der Waals surface area contributed by atoms with E-state index in [1.165, 1.54) is 43.2 Å². The van der Waals surface area contributed by atoms with Crippen molar-refractivity contribution in [3.8, 4) is 5.75 Å². The minimum atomic E-state index is -0.276. The highest BCUT2D eigenvalue weighted by molar-refractivity contribution is 14.1. The summed E-state index contributed by atoms with van der Waals surface area (Å²) in [6.45, 7) is 2.56. The van der Waals surface area contributed by atoms with Crippen LogP contribution in [0.4, 0.5) is 0 Å². The second-order valence-electron chi connectivity index (χ2n) is 9.12. The molecule has 3 heteroatoms. The molecule has 0 heterocycles. The SMILES string of the molecule is C[C@]12CCC3c4ccc(OC(=O)c5ccccc5)cc4CCC3C1CC[C@H]2I. The predicted molar refractivity (Wildman–Crippen MR) is 120 cm³/mol. The molecule has 3 aliphatic rings. The summed E-state index contributed by atoms with van der Waals surface area (Å²) in [6.07, 6.45) is 7.88. The molecule has 0 saturated heterocycles. The quantitative estimate of drug-likeness (QED) is 0.208. The molecule has 5 rings (SSSR count). The number of fused-ring (bicyclic) bond motifs is 5. The van der Waals surface area contributed by atoms with Gasteiger partial charge >= 0.3 is 5.97 Å². The lowest BCUT2D eigenvalue weighted by Gasteiger charge is -2.50. The molecule has 0 radical (unpaired) electrons. The van der Waals surface area contributed by atoms with Gasteiger partial charge in [0.2, 0.25) is 0 Å². The summed E-state index contributed by atoms with van der Waals surface area (Å²) in [6, 6.07) is 15.6. The van der Waals surface area contributed by atoms with E-state index in [9.17, 15) is 4.79 Å². The molecule has 0 bridgehead atoms. The van der Waals surface area contributed by atoms with Crippen LogP contribution in [0, 0.1) is 17.3 Å². The normalized spacial score (nSPS) is 33.5. The highest BCUT2D eigenvalue weighted by Crippen LogP contribution is 2.62. The van der Waals surface area contributed by atoms with E-state index in [0.717, 1.165) is 22.2 Å². The molecule has 0 aromatic heterocycles. The molecule has 2 aromatic rings. The maximum atomic E-state index is 12.4. The number of rotatable bonds is 2. The second-order valence-corrected chi connectivity index (χ2v) is 10.6. The van der Waals surface area contributed by atoms with Gasteiger partial charge in [-0.05, 0) is 97.1 Å². The Kier molecular flexibility index (Phi) is 4.77. The Labute approximate surface area is 181 Å². The van der Waals surface area contributed by atoms with E-state index in [1.54, 1.807) is 12.1 Å². The smallest absolute Gasteiger partial charge is 0.343 e. The Bertz CT molecular complexity index is 893. The number of aryl methyl sites for hydroxylation is 1. The molecule has 2 nitrogen and oxygen atoms in total. The zero-order chi connectivity index (χ0) is 19.3. The maximum absolute atomic E-state index is 12.4. The van der Waals surface area contributed by atoms with Gasteiger partial charge in [0, 0.05) is 3.92 Å². The van der Waals surface area contributed by atoms with E-state index in [-0.39, 0.29) is 5.97 Å². The first kappa shape index (κ1) is 18.7. The maximum Gasteiger partial charge on any atom is 0.343 e. The fourth-order valence-corrected chi connectivity index (χ4v) is 7.43. The summed E-state index contributed by atoms with van der Waals surface area (Å²) in [7, 11) is 0. The Balaban J connectivity index is 1.37. The van der Waals surface area contributed by atoms with Crippen LogP contribution in [0.2, 0.25) is 0 Å². The van der Waals surface area contributed by atoms with E-state index in [0.29, 0.717) is 22.6 Å². The second kappa shape index (κ2) is 7.16. The molecule has 0 aliphatic heterocycles. The third kappa shape index (κ3) is 3.01. The Hall–Kier alpha value is -1.36. The Morgan fingerprint density at radius 1 is 1.07 bits per heavy atom. The minimum absolute atomic E-state index is 0.276.